The molecule has 0 bridgehead atoms. The molecule has 2 nitrogen and oxygen atoms in total. The van der Waals surface area contributed by atoms with Crippen molar-refractivity contribution < 1.29 is 9.13 Å². The highest BCUT2D eigenvalue weighted by Crippen LogP contribution is 2.25. The van der Waals surface area contributed by atoms with Gasteiger partial charge in [-0.15, -0.1) is 0 Å². The summed E-state index contributed by atoms with van der Waals surface area (Å²) in [7, 11) is 1.67. The normalized spacial score (nSPS) is 15.5. The Kier molecular flexibility index (Phi) is 4.88. The van der Waals surface area contributed by atoms with Gasteiger partial charge in [-0.25, -0.2) is 4.39 Å². The minimum atomic E-state index is -0.215. The molecule has 0 fully saturated rings. The van der Waals surface area contributed by atoms with Crippen LogP contribution in [0.2, 0.25) is 0 Å². The average molecular weight is 253 g/mol. The zero-order chi connectivity index (χ0) is 13.9. The molecule has 0 aliphatic carbocycles. The minimum Gasteiger partial charge on any atom is -0.379 e. The molecule has 0 heterocycles. The van der Waals surface area contributed by atoms with Crippen LogP contribution in [0.5, 0.6) is 0 Å². The fourth-order valence-corrected chi connectivity index (χ4v) is 2.39. The SMILES string of the molecule is COC(C(N)Cc1cc(F)ccc1C)C(C)(C)C. The molecule has 2 atom stereocenters. The smallest absolute Gasteiger partial charge is 0.123 e. The average Bonchev–Trinajstić information content (AvgIpc) is 2.22. The first-order valence-electron chi connectivity index (χ1n) is 6.29. The summed E-state index contributed by atoms with van der Waals surface area (Å²) >= 11 is 0. The molecule has 1 rings (SSSR count). The Labute approximate surface area is 109 Å². The molecule has 0 aliphatic rings. The Morgan fingerprint density at radius 2 is 1.94 bits per heavy atom. The summed E-state index contributed by atoms with van der Waals surface area (Å²) in [6.45, 7) is 8.26. The summed E-state index contributed by atoms with van der Waals surface area (Å²) in [4.78, 5) is 0. The fraction of sp³-hybridized carbons (Fsp3) is 0.600. The summed E-state index contributed by atoms with van der Waals surface area (Å²) in [5.74, 6) is -0.215. The number of halogens is 1. The summed E-state index contributed by atoms with van der Waals surface area (Å²) in [6.07, 6.45) is 0.569. The largest absolute Gasteiger partial charge is 0.379 e. The van der Waals surface area contributed by atoms with E-state index in [9.17, 15) is 4.39 Å². The van der Waals surface area contributed by atoms with Gasteiger partial charge >= 0.3 is 0 Å². The molecule has 0 aliphatic heterocycles. The molecule has 2 N–H and O–H groups in total. The highest BCUT2D eigenvalue weighted by atomic mass is 19.1. The van der Waals surface area contributed by atoms with E-state index >= 15 is 0 Å². The molecule has 3 heteroatoms. The molecule has 0 spiro atoms. The summed E-state index contributed by atoms with van der Waals surface area (Å²) in [5, 5.41) is 0. The van der Waals surface area contributed by atoms with Gasteiger partial charge in [0.15, 0.2) is 0 Å². The van der Waals surface area contributed by atoms with E-state index in [0.717, 1.165) is 11.1 Å². The fourth-order valence-electron chi connectivity index (χ4n) is 2.39. The first-order valence-corrected chi connectivity index (χ1v) is 6.29. The van der Waals surface area contributed by atoms with Crippen LogP contribution in [-0.2, 0) is 11.2 Å². The predicted octanol–water partition coefficient (Wildman–Crippen LogP) is 3.07. The monoisotopic (exact) mass is 253 g/mol. The predicted molar refractivity (Wildman–Crippen MR) is 73.1 cm³/mol. The van der Waals surface area contributed by atoms with E-state index in [4.69, 9.17) is 10.5 Å². The number of hydrogen-bond acceptors (Lipinski definition) is 2. The third kappa shape index (κ3) is 3.79. The maximum Gasteiger partial charge on any atom is 0.123 e. The lowest BCUT2D eigenvalue weighted by atomic mass is 9.82. The second-order valence-electron chi connectivity index (χ2n) is 5.96. The van der Waals surface area contributed by atoms with Crippen molar-refractivity contribution >= 4 is 0 Å². The van der Waals surface area contributed by atoms with Crippen LogP contribution in [0.3, 0.4) is 0 Å². The summed E-state index contributed by atoms with van der Waals surface area (Å²) in [6, 6.07) is 4.68. The van der Waals surface area contributed by atoms with Crippen molar-refractivity contribution in [1.29, 1.82) is 0 Å². The number of hydrogen-bond donors (Lipinski definition) is 1. The second kappa shape index (κ2) is 5.81. The van der Waals surface area contributed by atoms with Crippen LogP contribution in [0, 0.1) is 18.2 Å². The molecule has 1 aromatic rings. The van der Waals surface area contributed by atoms with Crippen molar-refractivity contribution in [3.8, 4) is 0 Å². The van der Waals surface area contributed by atoms with Crippen LogP contribution in [0.4, 0.5) is 4.39 Å². The van der Waals surface area contributed by atoms with Crippen LogP contribution in [0.1, 0.15) is 31.9 Å². The van der Waals surface area contributed by atoms with Gasteiger partial charge in [0.25, 0.3) is 0 Å². The Morgan fingerprint density at radius 1 is 1.33 bits per heavy atom. The van der Waals surface area contributed by atoms with Crippen molar-refractivity contribution in [3.63, 3.8) is 0 Å². The van der Waals surface area contributed by atoms with Gasteiger partial charge in [-0.1, -0.05) is 26.8 Å². The van der Waals surface area contributed by atoms with Gasteiger partial charge in [0.2, 0.25) is 0 Å². The number of rotatable bonds is 4. The van der Waals surface area contributed by atoms with E-state index < -0.39 is 0 Å². The summed E-state index contributed by atoms with van der Waals surface area (Å²) in [5.41, 5.74) is 8.20. The first kappa shape index (κ1) is 15.1. The second-order valence-corrected chi connectivity index (χ2v) is 5.96. The van der Waals surface area contributed by atoms with Crippen LogP contribution in [0.25, 0.3) is 0 Å². The van der Waals surface area contributed by atoms with E-state index in [1.165, 1.54) is 6.07 Å². The number of methoxy groups -OCH3 is 1. The number of benzene rings is 1. The van der Waals surface area contributed by atoms with Crippen LogP contribution >= 0.6 is 0 Å². The van der Waals surface area contributed by atoms with E-state index in [1.807, 2.05) is 6.92 Å². The van der Waals surface area contributed by atoms with E-state index in [2.05, 4.69) is 20.8 Å². The molecule has 0 saturated carbocycles. The molecular formula is C15H24FNO. The van der Waals surface area contributed by atoms with Gasteiger partial charge in [0.05, 0.1) is 6.10 Å². The van der Waals surface area contributed by atoms with Crippen LogP contribution < -0.4 is 5.73 Å². The molecule has 2 unspecified atom stereocenters. The Morgan fingerprint density at radius 3 is 2.44 bits per heavy atom. The Balaban J connectivity index is 2.86. The van der Waals surface area contributed by atoms with Crippen molar-refractivity contribution in [1.82, 2.24) is 0 Å². The lowest BCUT2D eigenvalue weighted by Crippen LogP contribution is -2.46. The lowest BCUT2D eigenvalue weighted by Gasteiger charge is -2.34. The molecule has 0 aromatic heterocycles. The standard InChI is InChI=1S/C15H24FNO/c1-10-6-7-12(16)8-11(10)9-13(17)14(18-5)15(2,3)4/h6-8,13-14H,9,17H2,1-5H3. The Hall–Kier alpha value is -0.930. The molecule has 1 aromatic carbocycles. The van der Waals surface area contributed by atoms with E-state index in [-0.39, 0.29) is 23.4 Å². The lowest BCUT2D eigenvalue weighted by molar-refractivity contribution is -0.00169. The van der Waals surface area contributed by atoms with E-state index in [0.29, 0.717) is 6.42 Å². The van der Waals surface area contributed by atoms with Crippen LogP contribution in [-0.4, -0.2) is 19.3 Å². The molecular weight excluding hydrogens is 229 g/mol. The highest BCUT2D eigenvalue weighted by Gasteiger charge is 2.30. The first-order chi connectivity index (χ1) is 8.25. The maximum atomic E-state index is 13.2. The maximum absolute atomic E-state index is 13.2. The quantitative estimate of drug-likeness (QED) is 0.895. The molecule has 0 amide bonds. The zero-order valence-electron chi connectivity index (χ0n) is 12.0. The van der Waals surface area contributed by atoms with Crippen molar-refractivity contribution in [2.24, 2.45) is 11.1 Å². The zero-order valence-corrected chi connectivity index (χ0v) is 12.0. The molecule has 0 radical (unpaired) electrons. The highest BCUT2D eigenvalue weighted by molar-refractivity contribution is 5.27. The van der Waals surface area contributed by atoms with Crippen molar-refractivity contribution in [2.45, 2.75) is 46.3 Å². The summed E-state index contributed by atoms with van der Waals surface area (Å²) < 4.78 is 18.7. The number of nitrogens with two attached hydrogens (primary N) is 1. The van der Waals surface area contributed by atoms with Gasteiger partial charge in [-0.2, -0.15) is 0 Å². The van der Waals surface area contributed by atoms with Crippen molar-refractivity contribution in [3.05, 3.63) is 35.1 Å². The van der Waals surface area contributed by atoms with Gasteiger partial charge in [-0.05, 0) is 42.0 Å². The van der Waals surface area contributed by atoms with Gasteiger partial charge < -0.3 is 10.5 Å². The molecule has 0 saturated heterocycles. The number of ether oxygens (including phenoxy) is 1. The molecule has 102 valence electrons. The van der Waals surface area contributed by atoms with Crippen molar-refractivity contribution in [2.75, 3.05) is 7.11 Å². The van der Waals surface area contributed by atoms with Gasteiger partial charge in [0, 0.05) is 13.2 Å². The topological polar surface area (TPSA) is 35.2 Å². The van der Waals surface area contributed by atoms with Gasteiger partial charge in [0.1, 0.15) is 5.82 Å². The third-order valence-electron chi connectivity index (χ3n) is 3.26. The minimum absolute atomic E-state index is 0.0323. The number of aryl methyl sites for hydroxylation is 1. The van der Waals surface area contributed by atoms with Crippen LogP contribution in [0.15, 0.2) is 18.2 Å². The molecule has 18 heavy (non-hydrogen) atoms. The Bertz CT molecular complexity index is 398. The van der Waals surface area contributed by atoms with E-state index in [1.54, 1.807) is 19.2 Å². The third-order valence-corrected chi connectivity index (χ3v) is 3.26. The van der Waals surface area contributed by atoms with Gasteiger partial charge in [-0.3, -0.25) is 0 Å².